The number of halogens is 1. The number of hydrogen-bond donors (Lipinski definition) is 1. The molecule has 4 rings (SSSR count). The van der Waals surface area contributed by atoms with Crippen molar-refractivity contribution < 1.29 is 14.3 Å². The average molecular weight is 439 g/mol. The van der Waals surface area contributed by atoms with Crippen molar-refractivity contribution >= 4 is 29.1 Å². The van der Waals surface area contributed by atoms with Gasteiger partial charge in [0.15, 0.2) is 0 Å². The van der Waals surface area contributed by atoms with Gasteiger partial charge in [-0.15, -0.1) is 0 Å². The second kappa shape index (κ2) is 8.07. The fourth-order valence-corrected chi connectivity index (χ4v) is 4.03. The topological polar surface area (TPSA) is 76.5 Å². The maximum absolute atomic E-state index is 13.4. The van der Waals surface area contributed by atoms with Crippen molar-refractivity contribution in [3.63, 3.8) is 0 Å². The van der Waals surface area contributed by atoms with Crippen LogP contribution in [0.3, 0.4) is 0 Å². The number of ether oxygens (including phenoxy) is 1. The number of nitrogens with one attached hydrogen (secondary N) is 1. The number of amides is 2. The molecule has 3 aromatic rings. The summed E-state index contributed by atoms with van der Waals surface area (Å²) in [5.74, 6) is 0.167. The van der Waals surface area contributed by atoms with Gasteiger partial charge < -0.3 is 10.1 Å². The number of hydrogen-bond acceptors (Lipinski definition) is 4. The predicted octanol–water partition coefficient (Wildman–Crippen LogP) is 3.59. The van der Waals surface area contributed by atoms with Gasteiger partial charge >= 0.3 is 0 Å². The van der Waals surface area contributed by atoms with E-state index in [9.17, 15) is 9.59 Å². The van der Waals surface area contributed by atoms with Crippen LogP contribution in [0.1, 0.15) is 28.7 Å². The van der Waals surface area contributed by atoms with E-state index in [1.165, 1.54) is 4.90 Å². The van der Waals surface area contributed by atoms with Crippen molar-refractivity contribution in [2.75, 3.05) is 12.0 Å². The van der Waals surface area contributed by atoms with Gasteiger partial charge in [0.25, 0.3) is 5.91 Å². The van der Waals surface area contributed by atoms with Crippen LogP contribution in [0.5, 0.6) is 5.75 Å². The van der Waals surface area contributed by atoms with Crippen LogP contribution in [0.25, 0.3) is 0 Å². The second-order valence-corrected chi connectivity index (χ2v) is 8.19. The van der Waals surface area contributed by atoms with Gasteiger partial charge in [-0.25, -0.2) is 0 Å². The van der Waals surface area contributed by atoms with Crippen LogP contribution in [-0.2, 0) is 17.9 Å². The summed E-state index contributed by atoms with van der Waals surface area (Å²) in [5.41, 5.74) is 1.45. The first-order valence-corrected chi connectivity index (χ1v) is 10.3. The highest BCUT2D eigenvalue weighted by molar-refractivity contribution is 6.31. The number of rotatable bonds is 5. The standard InChI is InChI=1S/C23H23ClN4O3/c1-15-11-20-21(29)28(18-6-4-5-17(24)12-18)23(2,14-27(20)26-15)22(30)25-13-16-7-9-19(31-3)10-8-16/h4-12H,13-14H2,1-3H3,(H,25,30)/t23-/m0/s1. The van der Waals surface area contributed by atoms with E-state index in [0.29, 0.717) is 22.9 Å². The molecule has 8 heteroatoms. The number of carbonyl (C=O) groups excluding carboxylic acids is 2. The summed E-state index contributed by atoms with van der Waals surface area (Å²) < 4.78 is 6.78. The summed E-state index contributed by atoms with van der Waals surface area (Å²) >= 11 is 6.19. The summed E-state index contributed by atoms with van der Waals surface area (Å²) in [7, 11) is 1.60. The Morgan fingerprint density at radius 3 is 2.65 bits per heavy atom. The van der Waals surface area contributed by atoms with Crippen LogP contribution in [0, 0.1) is 6.92 Å². The third-order valence-corrected chi connectivity index (χ3v) is 5.68. The molecule has 0 saturated carbocycles. The fourth-order valence-electron chi connectivity index (χ4n) is 3.85. The zero-order valence-corrected chi connectivity index (χ0v) is 18.3. The summed E-state index contributed by atoms with van der Waals surface area (Å²) in [6.45, 7) is 4.11. The third kappa shape index (κ3) is 3.88. The molecule has 0 unspecified atom stereocenters. The molecule has 1 aromatic heterocycles. The molecule has 0 spiro atoms. The van der Waals surface area contributed by atoms with Gasteiger partial charge in [-0.05, 0) is 55.8 Å². The van der Waals surface area contributed by atoms with E-state index >= 15 is 0 Å². The van der Waals surface area contributed by atoms with Gasteiger partial charge in [-0.2, -0.15) is 5.10 Å². The van der Waals surface area contributed by atoms with Gasteiger partial charge in [0, 0.05) is 17.3 Å². The quantitative estimate of drug-likeness (QED) is 0.660. The normalized spacial score (nSPS) is 17.9. The second-order valence-electron chi connectivity index (χ2n) is 7.75. The molecule has 0 radical (unpaired) electrons. The SMILES string of the molecule is COc1ccc(CNC(=O)[C@]2(C)Cn3nc(C)cc3C(=O)N2c2cccc(Cl)c2)cc1. The Hall–Kier alpha value is -3.32. The minimum Gasteiger partial charge on any atom is -0.497 e. The number of nitrogens with zero attached hydrogens (tertiary/aromatic N) is 3. The molecule has 1 N–H and O–H groups in total. The van der Waals surface area contributed by atoms with Crippen LogP contribution in [-0.4, -0.2) is 34.2 Å². The van der Waals surface area contributed by atoms with Crippen molar-refractivity contribution in [1.82, 2.24) is 15.1 Å². The molecule has 2 amide bonds. The summed E-state index contributed by atoms with van der Waals surface area (Å²) in [5, 5.41) is 7.87. The third-order valence-electron chi connectivity index (χ3n) is 5.44. The molecule has 0 bridgehead atoms. The number of aryl methyl sites for hydroxylation is 1. The number of carbonyl (C=O) groups is 2. The maximum Gasteiger partial charge on any atom is 0.277 e. The molecule has 1 aliphatic rings. The highest BCUT2D eigenvalue weighted by atomic mass is 35.5. The number of anilines is 1. The maximum atomic E-state index is 13.4. The molecule has 31 heavy (non-hydrogen) atoms. The highest BCUT2D eigenvalue weighted by Crippen LogP contribution is 2.34. The lowest BCUT2D eigenvalue weighted by Crippen LogP contribution is -2.64. The molecule has 1 atom stereocenters. The Kier molecular flexibility index (Phi) is 5.45. The Morgan fingerprint density at radius 1 is 1.23 bits per heavy atom. The number of methoxy groups -OCH3 is 1. The minimum atomic E-state index is -1.19. The van der Waals surface area contributed by atoms with E-state index in [4.69, 9.17) is 16.3 Å². The van der Waals surface area contributed by atoms with Crippen molar-refractivity contribution in [3.8, 4) is 5.75 Å². The molecule has 2 aromatic carbocycles. The van der Waals surface area contributed by atoms with Crippen LogP contribution in [0.2, 0.25) is 5.02 Å². The van der Waals surface area contributed by atoms with Crippen LogP contribution in [0.4, 0.5) is 5.69 Å². The molecule has 0 fully saturated rings. The number of fused-ring (bicyclic) bond motifs is 1. The van der Waals surface area contributed by atoms with Gasteiger partial charge in [0.2, 0.25) is 5.91 Å². The zero-order chi connectivity index (χ0) is 22.2. The van der Waals surface area contributed by atoms with Gasteiger partial charge in [0.1, 0.15) is 17.0 Å². The van der Waals surface area contributed by atoms with E-state index in [-0.39, 0.29) is 18.4 Å². The van der Waals surface area contributed by atoms with Crippen molar-refractivity contribution in [2.24, 2.45) is 0 Å². The van der Waals surface area contributed by atoms with Crippen LogP contribution >= 0.6 is 11.6 Å². The molecular formula is C23H23ClN4O3. The minimum absolute atomic E-state index is 0.225. The summed E-state index contributed by atoms with van der Waals surface area (Å²) in [4.78, 5) is 28.4. The lowest BCUT2D eigenvalue weighted by atomic mass is 9.94. The fraction of sp³-hybridized carbons (Fsp3) is 0.261. The van der Waals surface area contributed by atoms with E-state index in [0.717, 1.165) is 17.0 Å². The van der Waals surface area contributed by atoms with Crippen molar-refractivity contribution in [2.45, 2.75) is 32.5 Å². The zero-order valence-electron chi connectivity index (χ0n) is 17.6. The van der Waals surface area contributed by atoms with Gasteiger partial charge in [-0.1, -0.05) is 29.8 Å². The molecule has 0 saturated heterocycles. The Labute approximate surface area is 185 Å². The first-order chi connectivity index (χ1) is 14.8. The molecule has 0 aliphatic carbocycles. The lowest BCUT2D eigenvalue weighted by molar-refractivity contribution is -0.126. The van der Waals surface area contributed by atoms with E-state index in [2.05, 4.69) is 10.4 Å². The molecule has 7 nitrogen and oxygen atoms in total. The van der Waals surface area contributed by atoms with E-state index < -0.39 is 5.54 Å². The average Bonchev–Trinajstić information content (AvgIpc) is 3.12. The van der Waals surface area contributed by atoms with Crippen LogP contribution in [0.15, 0.2) is 54.6 Å². The number of benzene rings is 2. The molecular weight excluding hydrogens is 416 g/mol. The Balaban J connectivity index is 1.67. The molecule has 1 aliphatic heterocycles. The first-order valence-electron chi connectivity index (χ1n) is 9.87. The van der Waals surface area contributed by atoms with Gasteiger partial charge in [-0.3, -0.25) is 19.2 Å². The molecule has 2 heterocycles. The highest BCUT2D eigenvalue weighted by Gasteiger charge is 2.48. The smallest absolute Gasteiger partial charge is 0.277 e. The van der Waals surface area contributed by atoms with Crippen molar-refractivity contribution in [1.29, 1.82) is 0 Å². The lowest BCUT2D eigenvalue weighted by Gasteiger charge is -2.43. The van der Waals surface area contributed by atoms with Gasteiger partial charge in [0.05, 0.1) is 19.3 Å². The van der Waals surface area contributed by atoms with Crippen molar-refractivity contribution in [3.05, 3.63) is 76.6 Å². The largest absolute Gasteiger partial charge is 0.497 e. The first kappa shape index (κ1) is 20.9. The predicted molar refractivity (Wildman–Crippen MR) is 118 cm³/mol. The molecule has 160 valence electrons. The van der Waals surface area contributed by atoms with E-state index in [1.54, 1.807) is 49.0 Å². The summed E-state index contributed by atoms with van der Waals surface area (Å²) in [6, 6.07) is 16.1. The summed E-state index contributed by atoms with van der Waals surface area (Å²) in [6.07, 6.45) is 0. The monoisotopic (exact) mass is 438 g/mol. The van der Waals surface area contributed by atoms with Crippen LogP contribution < -0.4 is 15.0 Å². The number of aromatic nitrogens is 2. The van der Waals surface area contributed by atoms with E-state index in [1.807, 2.05) is 31.2 Å². The Bertz CT molecular complexity index is 1140. The Morgan fingerprint density at radius 2 is 1.97 bits per heavy atom.